The molecule has 0 aliphatic rings. The molecule has 0 saturated carbocycles. The van der Waals surface area contributed by atoms with E-state index in [9.17, 15) is 14.3 Å². The van der Waals surface area contributed by atoms with Gasteiger partial charge in [0.05, 0.1) is 34.4 Å². The van der Waals surface area contributed by atoms with E-state index in [4.69, 9.17) is 18.5 Å². The van der Waals surface area contributed by atoms with Crippen molar-refractivity contribution < 1.29 is 37.3 Å². The fourth-order valence-electron chi connectivity index (χ4n) is 4.75. The smallest absolute Gasteiger partial charge is 0.305 e. The van der Waals surface area contributed by atoms with Crippen LogP contribution in [0.3, 0.4) is 0 Å². The molecule has 0 rings (SSSR count). The molecular formula is C39H72NO7P. The van der Waals surface area contributed by atoms with E-state index >= 15 is 0 Å². The van der Waals surface area contributed by atoms with Crippen LogP contribution in [0.15, 0.2) is 48.6 Å². The summed E-state index contributed by atoms with van der Waals surface area (Å²) in [5, 5.41) is 0. The van der Waals surface area contributed by atoms with Crippen LogP contribution in [0, 0.1) is 0 Å². The minimum atomic E-state index is -4.48. The van der Waals surface area contributed by atoms with E-state index in [0.29, 0.717) is 17.6 Å². The number of phosphoric ester groups is 1. The highest BCUT2D eigenvalue weighted by Gasteiger charge is 2.19. The van der Waals surface area contributed by atoms with E-state index in [1.165, 1.54) is 77.0 Å². The fraction of sp³-hybridized carbons (Fsp3) is 0.769. The Morgan fingerprint density at radius 2 is 1.12 bits per heavy atom. The number of phosphoric acid groups is 1. The minimum absolute atomic E-state index is 0.0226. The van der Waals surface area contributed by atoms with Crippen LogP contribution in [-0.2, 0) is 27.9 Å². The number of rotatable bonds is 34. The van der Waals surface area contributed by atoms with Gasteiger partial charge < -0.3 is 27.9 Å². The van der Waals surface area contributed by atoms with Crippen molar-refractivity contribution >= 4 is 13.8 Å². The average molecular weight is 698 g/mol. The Morgan fingerprint density at radius 3 is 1.62 bits per heavy atom. The average Bonchev–Trinajstić information content (AvgIpc) is 3.04. The number of esters is 1. The van der Waals surface area contributed by atoms with Crippen LogP contribution in [-0.4, -0.2) is 70.7 Å². The molecule has 0 fully saturated rings. The van der Waals surface area contributed by atoms with Crippen molar-refractivity contribution in [2.45, 2.75) is 142 Å². The second-order valence-corrected chi connectivity index (χ2v) is 14.9. The van der Waals surface area contributed by atoms with Gasteiger partial charge >= 0.3 is 5.97 Å². The van der Waals surface area contributed by atoms with E-state index in [1.807, 2.05) is 21.1 Å². The van der Waals surface area contributed by atoms with E-state index < -0.39 is 19.9 Å². The lowest BCUT2D eigenvalue weighted by Gasteiger charge is -2.28. The summed E-state index contributed by atoms with van der Waals surface area (Å²) in [7, 11) is 1.34. The van der Waals surface area contributed by atoms with Crippen LogP contribution >= 0.6 is 7.82 Å². The number of ether oxygens (including phenoxy) is 2. The maximum atomic E-state index is 12.1. The molecule has 0 aromatic heterocycles. The molecule has 0 heterocycles. The van der Waals surface area contributed by atoms with Gasteiger partial charge in [0, 0.05) is 13.0 Å². The highest BCUT2D eigenvalue weighted by molar-refractivity contribution is 7.45. The van der Waals surface area contributed by atoms with Gasteiger partial charge in [-0.3, -0.25) is 9.36 Å². The summed E-state index contributed by atoms with van der Waals surface area (Å²) in [5.74, 6) is -0.424. The molecule has 2 unspecified atom stereocenters. The Balaban J connectivity index is 3.67. The second kappa shape index (κ2) is 32.7. The molecule has 0 N–H and O–H groups in total. The van der Waals surface area contributed by atoms with Crippen molar-refractivity contribution in [2.24, 2.45) is 0 Å². The number of unbranched alkanes of at least 4 members (excludes halogenated alkanes) is 13. The number of carbonyl (C=O) groups excluding carboxylic acids is 1. The van der Waals surface area contributed by atoms with E-state index in [0.717, 1.165) is 38.5 Å². The fourth-order valence-corrected chi connectivity index (χ4v) is 5.48. The molecule has 0 bridgehead atoms. The Morgan fingerprint density at radius 1 is 0.646 bits per heavy atom. The normalized spacial score (nSPS) is 14.5. The summed E-state index contributed by atoms with van der Waals surface area (Å²) < 4.78 is 33.5. The first-order chi connectivity index (χ1) is 23.1. The first-order valence-electron chi connectivity index (χ1n) is 18.9. The maximum Gasteiger partial charge on any atom is 0.305 e. The van der Waals surface area contributed by atoms with Crippen LogP contribution in [0.2, 0.25) is 0 Å². The highest BCUT2D eigenvalue weighted by Crippen LogP contribution is 2.38. The van der Waals surface area contributed by atoms with Crippen molar-refractivity contribution in [3.05, 3.63) is 48.6 Å². The molecule has 0 radical (unpaired) electrons. The maximum absolute atomic E-state index is 12.1. The lowest BCUT2D eigenvalue weighted by Crippen LogP contribution is -2.37. The molecule has 0 aromatic carbocycles. The third-order valence-corrected chi connectivity index (χ3v) is 8.66. The molecule has 0 amide bonds. The summed E-state index contributed by atoms with van der Waals surface area (Å²) in [5.41, 5.74) is 0. The first-order valence-corrected chi connectivity index (χ1v) is 20.3. The zero-order valence-electron chi connectivity index (χ0n) is 31.4. The number of hydrogen-bond donors (Lipinski definition) is 0. The van der Waals surface area contributed by atoms with Gasteiger partial charge in [-0.25, -0.2) is 0 Å². The third kappa shape index (κ3) is 35.8. The second-order valence-electron chi connectivity index (χ2n) is 13.5. The number of hydrogen-bond acceptors (Lipinski definition) is 7. The largest absolute Gasteiger partial charge is 0.756 e. The molecule has 9 heteroatoms. The minimum Gasteiger partial charge on any atom is -0.756 e. The Bertz CT molecular complexity index is 911. The van der Waals surface area contributed by atoms with Crippen LogP contribution < -0.4 is 4.89 Å². The summed E-state index contributed by atoms with van der Waals surface area (Å²) in [6, 6.07) is 0. The van der Waals surface area contributed by atoms with Gasteiger partial charge in [-0.05, 0) is 44.9 Å². The topological polar surface area (TPSA) is 94.1 Å². The van der Waals surface area contributed by atoms with Gasteiger partial charge in [0.1, 0.15) is 19.3 Å². The quantitative estimate of drug-likeness (QED) is 0.0217. The number of nitrogens with zero attached hydrogens (tertiary/aromatic N) is 1. The van der Waals surface area contributed by atoms with Crippen molar-refractivity contribution in [1.29, 1.82) is 0 Å². The molecule has 0 saturated heterocycles. The lowest BCUT2D eigenvalue weighted by molar-refractivity contribution is -0.870. The van der Waals surface area contributed by atoms with Crippen molar-refractivity contribution in [3.63, 3.8) is 0 Å². The van der Waals surface area contributed by atoms with E-state index in [2.05, 4.69) is 55.5 Å². The molecule has 0 aliphatic heterocycles. The monoisotopic (exact) mass is 698 g/mol. The molecule has 0 aliphatic carbocycles. The third-order valence-electron chi connectivity index (χ3n) is 7.70. The van der Waals surface area contributed by atoms with Crippen LogP contribution in [0.4, 0.5) is 0 Å². The Labute approximate surface area is 295 Å². The summed E-state index contributed by atoms with van der Waals surface area (Å²) in [6.45, 7) is 4.70. The number of carbonyl (C=O) groups is 1. The SMILES string of the molecule is CC/C=C\C/C=C\C/C=C\C/C=C\CCCCCCCCCCCCCCCOCC(COP(=O)([O-])OCC[N+](C)(C)C)OC(=O)CC. The molecule has 48 heavy (non-hydrogen) atoms. The summed E-state index contributed by atoms with van der Waals surface area (Å²) >= 11 is 0. The predicted octanol–water partition coefficient (Wildman–Crippen LogP) is 9.80. The van der Waals surface area contributed by atoms with Gasteiger partial charge in [0.25, 0.3) is 7.82 Å². The number of quaternary nitrogens is 1. The summed E-state index contributed by atoms with van der Waals surface area (Å²) in [4.78, 5) is 23.8. The van der Waals surface area contributed by atoms with Crippen molar-refractivity contribution in [3.8, 4) is 0 Å². The van der Waals surface area contributed by atoms with Crippen LogP contribution in [0.25, 0.3) is 0 Å². The van der Waals surface area contributed by atoms with E-state index in [1.54, 1.807) is 6.92 Å². The van der Waals surface area contributed by atoms with Crippen molar-refractivity contribution in [1.82, 2.24) is 0 Å². The molecule has 2 atom stereocenters. The standard InChI is InChI=1S/C39H72NO7P/c1-6-8-9-10-11-12-13-14-15-16-17-18-19-20-21-22-23-24-25-26-27-28-29-30-31-32-34-44-36-38(47-39(41)7-2)37-46-48(42,43)45-35-33-40(3,4)5/h8-9,11-12,14-15,17-18,38H,6-7,10,13,16,19-37H2,1-5H3/b9-8-,12-11-,15-14-,18-17-. The van der Waals surface area contributed by atoms with Gasteiger partial charge in [-0.15, -0.1) is 0 Å². The molecule has 280 valence electrons. The Hall–Kier alpha value is -1.54. The lowest BCUT2D eigenvalue weighted by atomic mass is 10.0. The molecule has 0 spiro atoms. The van der Waals surface area contributed by atoms with Crippen LogP contribution in [0.5, 0.6) is 0 Å². The molecule has 8 nitrogen and oxygen atoms in total. The number of allylic oxidation sites excluding steroid dienone is 8. The van der Waals surface area contributed by atoms with E-state index in [-0.39, 0.29) is 26.2 Å². The number of likely N-dealkylation sites (N-methyl/N-ethyl adjacent to an activating group) is 1. The van der Waals surface area contributed by atoms with Crippen LogP contribution in [0.1, 0.15) is 136 Å². The van der Waals surface area contributed by atoms with Crippen molar-refractivity contribution in [2.75, 3.05) is 54.1 Å². The van der Waals surface area contributed by atoms with Gasteiger partial charge in [-0.1, -0.05) is 133 Å². The first kappa shape index (κ1) is 46.5. The zero-order valence-corrected chi connectivity index (χ0v) is 32.3. The van der Waals surface area contributed by atoms with Gasteiger partial charge in [0.15, 0.2) is 0 Å². The van der Waals surface area contributed by atoms with Gasteiger partial charge in [0.2, 0.25) is 0 Å². The Kier molecular flexibility index (Phi) is 31.6. The molecular weight excluding hydrogens is 625 g/mol. The zero-order chi connectivity index (χ0) is 35.6. The van der Waals surface area contributed by atoms with Gasteiger partial charge in [-0.2, -0.15) is 0 Å². The molecule has 0 aromatic rings. The highest BCUT2D eigenvalue weighted by atomic mass is 31.2. The summed E-state index contributed by atoms with van der Waals surface area (Å²) in [6.07, 6.45) is 39.3. The predicted molar refractivity (Wildman–Crippen MR) is 199 cm³/mol.